The summed E-state index contributed by atoms with van der Waals surface area (Å²) in [5.41, 5.74) is 10.5. The summed E-state index contributed by atoms with van der Waals surface area (Å²) in [6.45, 7) is 15.6. The van der Waals surface area contributed by atoms with Gasteiger partial charge in [0, 0.05) is 45.8 Å². The van der Waals surface area contributed by atoms with Crippen molar-refractivity contribution in [2.75, 3.05) is 79.5 Å². The predicted molar refractivity (Wildman–Crippen MR) is 114 cm³/mol. The number of piperazine rings is 1. The van der Waals surface area contributed by atoms with E-state index < -0.39 is 0 Å². The van der Waals surface area contributed by atoms with Crippen LogP contribution in [0.15, 0.2) is 0 Å². The first-order valence-electron chi connectivity index (χ1n) is 10.3. The average molecular weight is 389 g/mol. The van der Waals surface area contributed by atoms with Gasteiger partial charge in [0.15, 0.2) is 0 Å². The molecule has 0 atom stereocenters. The second kappa shape index (κ2) is 18.2. The van der Waals surface area contributed by atoms with E-state index in [2.05, 4.69) is 23.9 Å². The van der Waals surface area contributed by atoms with Crippen molar-refractivity contribution >= 4 is 11.8 Å². The van der Waals surface area contributed by atoms with Crippen LogP contribution in [0.25, 0.3) is 0 Å². The molecule has 0 aromatic rings. The lowest BCUT2D eigenvalue weighted by Crippen LogP contribution is -2.48. The summed E-state index contributed by atoms with van der Waals surface area (Å²) in [5, 5.41) is 0. The molecule has 2 heterocycles. The van der Waals surface area contributed by atoms with Crippen LogP contribution in [-0.2, 0) is 9.59 Å². The molecule has 2 aliphatic rings. The zero-order chi connectivity index (χ0) is 21.2. The fourth-order valence-corrected chi connectivity index (χ4v) is 2.61. The summed E-state index contributed by atoms with van der Waals surface area (Å²) >= 11 is 0. The summed E-state index contributed by atoms with van der Waals surface area (Å²) in [6, 6.07) is 0. The lowest BCUT2D eigenvalue weighted by molar-refractivity contribution is -0.131. The maximum Gasteiger partial charge on any atom is 0.236 e. The molecule has 162 valence electrons. The topological polar surface area (TPSA) is 99.1 Å². The van der Waals surface area contributed by atoms with E-state index in [0.717, 1.165) is 58.8 Å². The van der Waals surface area contributed by atoms with Gasteiger partial charge in [-0.05, 0) is 27.1 Å². The number of amides is 2. The number of nitrogens with zero attached hydrogens (tertiary/aromatic N) is 4. The van der Waals surface area contributed by atoms with Crippen molar-refractivity contribution in [1.29, 1.82) is 0 Å². The zero-order valence-corrected chi connectivity index (χ0v) is 18.5. The van der Waals surface area contributed by atoms with Gasteiger partial charge in [-0.25, -0.2) is 0 Å². The minimum Gasteiger partial charge on any atom is -0.340 e. The van der Waals surface area contributed by atoms with Crippen molar-refractivity contribution in [3.63, 3.8) is 0 Å². The highest BCUT2D eigenvalue weighted by atomic mass is 16.2. The fourth-order valence-electron chi connectivity index (χ4n) is 2.61. The first kappa shape index (κ1) is 28.0. The van der Waals surface area contributed by atoms with Crippen molar-refractivity contribution in [2.24, 2.45) is 11.5 Å². The maximum absolute atomic E-state index is 11.2. The van der Waals surface area contributed by atoms with Crippen LogP contribution < -0.4 is 11.5 Å². The van der Waals surface area contributed by atoms with Crippen LogP contribution in [0.3, 0.4) is 0 Å². The van der Waals surface area contributed by atoms with Gasteiger partial charge in [-0.1, -0.05) is 27.7 Å². The maximum atomic E-state index is 11.2. The first-order chi connectivity index (χ1) is 13.0. The lowest BCUT2D eigenvalue weighted by atomic mass is 10.3. The third-order valence-corrected chi connectivity index (χ3v) is 4.28. The molecule has 2 amide bonds. The zero-order valence-electron chi connectivity index (χ0n) is 18.5. The normalized spacial score (nSPS) is 17.9. The van der Waals surface area contributed by atoms with E-state index in [1.165, 1.54) is 0 Å². The minimum absolute atomic E-state index is 0.0677. The summed E-state index contributed by atoms with van der Waals surface area (Å²) in [6.07, 6.45) is 1.06. The Morgan fingerprint density at radius 2 is 0.963 bits per heavy atom. The largest absolute Gasteiger partial charge is 0.340 e. The number of nitrogens with two attached hydrogens (primary N) is 2. The second-order valence-electron chi connectivity index (χ2n) is 6.13. The summed E-state index contributed by atoms with van der Waals surface area (Å²) < 4.78 is 0. The van der Waals surface area contributed by atoms with Gasteiger partial charge in [-0.15, -0.1) is 0 Å². The third kappa shape index (κ3) is 12.7. The van der Waals surface area contributed by atoms with Crippen molar-refractivity contribution < 1.29 is 9.59 Å². The van der Waals surface area contributed by atoms with Crippen molar-refractivity contribution in [3.8, 4) is 0 Å². The number of carbonyl (C=O) groups is 2. The standard InChI is InChI=1S/C8H17N3O.C7H15N3O.2C2H6/c1-10-3-2-4-11(6-5-10)8(12)7-9;1-9-2-4-10(5-3-9)7(11)6-8;2*1-2/h2-7,9H2,1H3;2-6,8H2,1H3;2*1-2H3. The lowest BCUT2D eigenvalue weighted by Gasteiger charge is -2.32. The number of hydrogen-bond acceptors (Lipinski definition) is 6. The highest BCUT2D eigenvalue weighted by Crippen LogP contribution is 2.00. The van der Waals surface area contributed by atoms with Gasteiger partial charge in [-0.3, -0.25) is 9.59 Å². The second-order valence-corrected chi connectivity index (χ2v) is 6.13. The van der Waals surface area contributed by atoms with Crippen LogP contribution >= 0.6 is 0 Å². The molecular weight excluding hydrogens is 344 g/mol. The van der Waals surface area contributed by atoms with E-state index in [0.29, 0.717) is 0 Å². The van der Waals surface area contributed by atoms with Crippen LogP contribution in [0.2, 0.25) is 0 Å². The molecule has 2 saturated heterocycles. The molecule has 0 saturated carbocycles. The molecule has 0 unspecified atom stereocenters. The molecule has 0 aromatic carbocycles. The quantitative estimate of drug-likeness (QED) is 0.684. The molecule has 2 aliphatic heterocycles. The summed E-state index contributed by atoms with van der Waals surface area (Å²) in [4.78, 5) is 30.4. The van der Waals surface area contributed by atoms with E-state index >= 15 is 0 Å². The van der Waals surface area contributed by atoms with Crippen molar-refractivity contribution in [2.45, 2.75) is 34.1 Å². The molecule has 0 radical (unpaired) electrons. The molecule has 0 spiro atoms. The van der Waals surface area contributed by atoms with E-state index in [4.69, 9.17) is 11.5 Å². The van der Waals surface area contributed by atoms with Gasteiger partial charge in [-0.2, -0.15) is 0 Å². The van der Waals surface area contributed by atoms with E-state index in [1.807, 2.05) is 37.5 Å². The minimum atomic E-state index is 0.0677. The average Bonchev–Trinajstić information content (AvgIpc) is 2.95. The van der Waals surface area contributed by atoms with Crippen LogP contribution in [-0.4, -0.2) is 111 Å². The SMILES string of the molecule is CC.CC.CN1CCCN(C(=O)CN)CC1.CN1CCN(C(=O)CN)CC1. The summed E-state index contributed by atoms with van der Waals surface area (Å²) in [5.74, 6) is 0.142. The molecule has 8 nitrogen and oxygen atoms in total. The third-order valence-electron chi connectivity index (χ3n) is 4.28. The Labute approximate surface area is 166 Å². The highest BCUT2D eigenvalue weighted by molar-refractivity contribution is 5.78. The number of carbonyl (C=O) groups excluding carboxylic acids is 2. The molecule has 8 heteroatoms. The van der Waals surface area contributed by atoms with Gasteiger partial charge in [0.1, 0.15) is 0 Å². The molecule has 2 fully saturated rings. The fraction of sp³-hybridized carbons (Fsp3) is 0.895. The van der Waals surface area contributed by atoms with Gasteiger partial charge in [0.25, 0.3) is 0 Å². The molecule has 2 rings (SSSR count). The Morgan fingerprint density at radius 1 is 0.630 bits per heavy atom. The van der Waals surface area contributed by atoms with Crippen LogP contribution in [0.1, 0.15) is 34.1 Å². The Kier molecular flexibility index (Phi) is 18.8. The number of rotatable bonds is 2. The molecule has 0 aromatic heterocycles. The van der Waals surface area contributed by atoms with E-state index in [9.17, 15) is 9.59 Å². The summed E-state index contributed by atoms with van der Waals surface area (Å²) in [7, 11) is 4.14. The van der Waals surface area contributed by atoms with Gasteiger partial charge in [0.2, 0.25) is 11.8 Å². The van der Waals surface area contributed by atoms with Crippen LogP contribution in [0.5, 0.6) is 0 Å². The molecule has 4 N–H and O–H groups in total. The molecule has 0 bridgehead atoms. The smallest absolute Gasteiger partial charge is 0.236 e. The van der Waals surface area contributed by atoms with Crippen LogP contribution in [0.4, 0.5) is 0 Å². The van der Waals surface area contributed by atoms with Crippen molar-refractivity contribution in [1.82, 2.24) is 19.6 Å². The molecular formula is C19H44N6O2. The van der Waals surface area contributed by atoms with E-state index in [1.54, 1.807) is 0 Å². The Morgan fingerprint density at radius 3 is 1.33 bits per heavy atom. The van der Waals surface area contributed by atoms with E-state index in [-0.39, 0.29) is 24.9 Å². The first-order valence-corrected chi connectivity index (χ1v) is 10.3. The van der Waals surface area contributed by atoms with Crippen molar-refractivity contribution in [3.05, 3.63) is 0 Å². The van der Waals surface area contributed by atoms with Gasteiger partial charge < -0.3 is 31.1 Å². The monoisotopic (exact) mass is 388 g/mol. The van der Waals surface area contributed by atoms with Gasteiger partial charge in [0.05, 0.1) is 13.1 Å². The van der Waals surface area contributed by atoms with Crippen LogP contribution in [0, 0.1) is 0 Å². The Bertz CT molecular complexity index is 373. The number of likely N-dealkylation sites (N-methyl/N-ethyl adjacent to an activating group) is 2. The highest BCUT2D eigenvalue weighted by Gasteiger charge is 2.17. The van der Waals surface area contributed by atoms with Gasteiger partial charge >= 0.3 is 0 Å². The Balaban J connectivity index is 0. The number of hydrogen-bond donors (Lipinski definition) is 2. The predicted octanol–water partition coefficient (Wildman–Crippen LogP) is -0.119. The molecule has 27 heavy (non-hydrogen) atoms. The molecule has 0 aliphatic carbocycles. The Hall–Kier alpha value is -1.22.